The van der Waals surface area contributed by atoms with Crippen LogP contribution in [0.3, 0.4) is 0 Å². The Morgan fingerprint density at radius 2 is 1.90 bits per heavy atom. The summed E-state index contributed by atoms with van der Waals surface area (Å²) in [5.41, 5.74) is 0.865. The standard InChI is InChI=1S/C22H32N4O4/c1-15(2)13-25-7-6-8-26(14-20(25)22-23-16(3)24-30-22)21(27)11-17-9-18(28-4)12-19(10-17)29-5/h9-10,12,15,20H,6-8,11,13-14H2,1-5H3. The fraction of sp³-hybridized carbons (Fsp3) is 0.591. The van der Waals surface area contributed by atoms with E-state index < -0.39 is 0 Å². The Bertz CT molecular complexity index is 829. The zero-order chi connectivity index (χ0) is 21.7. The van der Waals surface area contributed by atoms with Crippen molar-refractivity contribution in [3.05, 3.63) is 35.5 Å². The van der Waals surface area contributed by atoms with Crippen LogP contribution >= 0.6 is 0 Å². The molecule has 1 aromatic heterocycles. The number of aryl methyl sites for hydroxylation is 1. The fourth-order valence-electron chi connectivity index (χ4n) is 3.89. The lowest BCUT2D eigenvalue weighted by Crippen LogP contribution is -2.39. The quantitative estimate of drug-likeness (QED) is 0.686. The molecule has 8 nitrogen and oxygen atoms in total. The van der Waals surface area contributed by atoms with E-state index in [0.29, 0.717) is 42.2 Å². The fourth-order valence-corrected chi connectivity index (χ4v) is 3.89. The van der Waals surface area contributed by atoms with E-state index in [-0.39, 0.29) is 18.4 Å². The van der Waals surface area contributed by atoms with Crippen LogP contribution < -0.4 is 9.47 Å². The lowest BCUT2D eigenvalue weighted by Gasteiger charge is -2.30. The molecule has 164 valence electrons. The topological polar surface area (TPSA) is 80.9 Å². The molecule has 2 aromatic rings. The average Bonchev–Trinajstić information content (AvgIpc) is 3.03. The summed E-state index contributed by atoms with van der Waals surface area (Å²) in [6.07, 6.45) is 1.19. The molecule has 2 heterocycles. The highest BCUT2D eigenvalue weighted by Gasteiger charge is 2.32. The van der Waals surface area contributed by atoms with Crippen molar-refractivity contribution in [1.82, 2.24) is 19.9 Å². The summed E-state index contributed by atoms with van der Waals surface area (Å²) < 4.78 is 16.2. The average molecular weight is 417 g/mol. The number of ether oxygens (including phenoxy) is 2. The van der Waals surface area contributed by atoms with E-state index in [4.69, 9.17) is 14.0 Å². The number of rotatable bonds is 7. The first-order valence-electron chi connectivity index (χ1n) is 10.4. The second kappa shape index (κ2) is 9.93. The number of carbonyl (C=O) groups excluding carboxylic acids is 1. The van der Waals surface area contributed by atoms with Gasteiger partial charge in [-0.1, -0.05) is 19.0 Å². The second-order valence-corrected chi connectivity index (χ2v) is 8.18. The third-order valence-electron chi connectivity index (χ3n) is 5.25. The van der Waals surface area contributed by atoms with E-state index in [0.717, 1.165) is 25.1 Å². The minimum Gasteiger partial charge on any atom is -0.497 e. The number of amides is 1. The highest BCUT2D eigenvalue weighted by molar-refractivity contribution is 5.79. The van der Waals surface area contributed by atoms with Gasteiger partial charge in [-0.3, -0.25) is 9.69 Å². The van der Waals surface area contributed by atoms with Crippen molar-refractivity contribution >= 4 is 5.91 Å². The molecule has 3 rings (SSSR count). The Morgan fingerprint density at radius 3 is 2.47 bits per heavy atom. The maximum absolute atomic E-state index is 13.2. The van der Waals surface area contributed by atoms with Crippen molar-refractivity contribution in [2.24, 2.45) is 5.92 Å². The number of hydrogen-bond donors (Lipinski definition) is 0. The summed E-state index contributed by atoms with van der Waals surface area (Å²) in [5, 5.41) is 3.97. The van der Waals surface area contributed by atoms with Crippen molar-refractivity contribution in [3.8, 4) is 11.5 Å². The zero-order valence-corrected chi connectivity index (χ0v) is 18.6. The van der Waals surface area contributed by atoms with Crippen LogP contribution in [0.1, 0.15) is 43.6 Å². The molecule has 1 aromatic carbocycles. The van der Waals surface area contributed by atoms with Gasteiger partial charge >= 0.3 is 0 Å². The van der Waals surface area contributed by atoms with E-state index in [1.54, 1.807) is 20.3 Å². The van der Waals surface area contributed by atoms with Crippen LogP contribution in [0.2, 0.25) is 0 Å². The molecule has 8 heteroatoms. The Balaban J connectivity index is 1.79. The van der Waals surface area contributed by atoms with Crippen LogP contribution in [0, 0.1) is 12.8 Å². The third-order valence-corrected chi connectivity index (χ3v) is 5.25. The molecular weight excluding hydrogens is 384 g/mol. The van der Waals surface area contributed by atoms with E-state index in [1.807, 2.05) is 24.0 Å². The largest absolute Gasteiger partial charge is 0.497 e. The maximum Gasteiger partial charge on any atom is 0.245 e. The summed E-state index contributed by atoms with van der Waals surface area (Å²) in [4.78, 5) is 21.9. The second-order valence-electron chi connectivity index (χ2n) is 8.18. The molecule has 1 unspecified atom stereocenters. The van der Waals surface area contributed by atoms with Gasteiger partial charge < -0.3 is 18.9 Å². The molecule has 30 heavy (non-hydrogen) atoms. The number of aromatic nitrogens is 2. The van der Waals surface area contributed by atoms with E-state index in [1.165, 1.54) is 0 Å². The summed E-state index contributed by atoms with van der Waals surface area (Å²) in [6, 6.07) is 5.46. The molecule has 1 aliphatic rings. The van der Waals surface area contributed by atoms with Gasteiger partial charge in [0.1, 0.15) is 17.5 Å². The molecule has 0 radical (unpaired) electrons. The molecule has 0 N–H and O–H groups in total. The predicted molar refractivity (Wildman–Crippen MR) is 113 cm³/mol. The van der Waals surface area contributed by atoms with Crippen molar-refractivity contribution < 1.29 is 18.8 Å². The number of methoxy groups -OCH3 is 2. The van der Waals surface area contributed by atoms with E-state index >= 15 is 0 Å². The molecule has 0 aliphatic carbocycles. The number of benzene rings is 1. The van der Waals surface area contributed by atoms with Gasteiger partial charge in [-0.05, 0) is 37.0 Å². The van der Waals surface area contributed by atoms with E-state index in [2.05, 4.69) is 28.9 Å². The Kier molecular flexibility index (Phi) is 7.31. The highest BCUT2D eigenvalue weighted by atomic mass is 16.5. The molecule has 0 saturated carbocycles. The lowest BCUT2D eigenvalue weighted by molar-refractivity contribution is -0.130. The molecule has 1 aliphatic heterocycles. The Labute approximate surface area is 178 Å². The van der Waals surface area contributed by atoms with Crippen LogP contribution in [0.5, 0.6) is 11.5 Å². The lowest BCUT2D eigenvalue weighted by atomic mass is 10.1. The van der Waals surface area contributed by atoms with Crippen LogP contribution in [0.25, 0.3) is 0 Å². The van der Waals surface area contributed by atoms with Crippen molar-refractivity contribution in [1.29, 1.82) is 0 Å². The van der Waals surface area contributed by atoms with Gasteiger partial charge in [-0.2, -0.15) is 4.98 Å². The smallest absolute Gasteiger partial charge is 0.245 e. The normalized spacial score (nSPS) is 17.8. The first kappa shape index (κ1) is 22.1. The van der Waals surface area contributed by atoms with Crippen molar-refractivity contribution in [3.63, 3.8) is 0 Å². The first-order valence-corrected chi connectivity index (χ1v) is 10.4. The van der Waals surface area contributed by atoms with Gasteiger partial charge in [0.25, 0.3) is 0 Å². The molecule has 1 atom stereocenters. The third kappa shape index (κ3) is 5.50. The summed E-state index contributed by atoms with van der Waals surface area (Å²) >= 11 is 0. The number of nitrogens with zero attached hydrogens (tertiary/aromatic N) is 4. The number of carbonyl (C=O) groups is 1. The van der Waals surface area contributed by atoms with Crippen LogP contribution in [-0.4, -0.2) is 66.2 Å². The van der Waals surface area contributed by atoms with Crippen LogP contribution in [-0.2, 0) is 11.2 Å². The first-order chi connectivity index (χ1) is 14.4. The summed E-state index contributed by atoms with van der Waals surface area (Å²) in [6.45, 7) is 9.25. The Hall–Kier alpha value is -2.61. The van der Waals surface area contributed by atoms with Gasteiger partial charge in [0, 0.05) is 32.2 Å². The number of hydrogen-bond acceptors (Lipinski definition) is 7. The molecule has 1 fully saturated rings. The molecular formula is C22H32N4O4. The highest BCUT2D eigenvalue weighted by Crippen LogP contribution is 2.27. The SMILES string of the molecule is COc1cc(CC(=O)N2CCCN(CC(C)C)C(c3nc(C)no3)C2)cc(OC)c1. The predicted octanol–water partition coefficient (Wildman–Crippen LogP) is 2.87. The van der Waals surface area contributed by atoms with Crippen molar-refractivity contribution in [2.45, 2.75) is 39.7 Å². The molecule has 1 amide bonds. The monoisotopic (exact) mass is 416 g/mol. The van der Waals surface area contributed by atoms with Gasteiger partial charge in [-0.25, -0.2) is 0 Å². The Morgan fingerprint density at radius 1 is 1.20 bits per heavy atom. The molecule has 0 bridgehead atoms. The zero-order valence-electron chi connectivity index (χ0n) is 18.6. The maximum atomic E-state index is 13.2. The minimum atomic E-state index is -0.0973. The van der Waals surface area contributed by atoms with Crippen LogP contribution in [0.4, 0.5) is 0 Å². The van der Waals surface area contributed by atoms with E-state index in [9.17, 15) is 4.79 Å². The van der Waals surface area contributed by atoms with Gasteiger partial charge in [0.2, 0.25) is 11.8 Å². The van der Waals surface area contributed by atoms with Crippen molar-refractivity contribution in [2.75, 3.05) is 40.4 Å². The van der Waals surface area contributed by atoms with Crippen LogP contribution in [0.15, 0.2) is 22.7 Å². The summed E-state index contributed by atoms with van der Waals surface area (Å²) in [5.74, 6) is 3.11. The van der Waals surface area contributed by atoms with Gasteiger partial charge in [0.15, 0.2) is 5.82 Å². The van der Waals surface area contributed by atoms with Gasteiger partial charge in [0.05, 0.1) is 20.6 Å². The van der Waals surface area contributed by atoms with Gasteiger partial charge in [-0.15, -0.1) is 0 Å². The minimum absolute atomic E-state index is 0.0675. The molecule has 1 saturated heterocycles. The summed E-state index contributed by atoms with van der Waals surface area (Å²) in [7, 11) is 3.21. The molecule has 0 spiro atoms.